The molecule has 21 heavy (non-hydrogen) atoms. The minimum absolute atomic E-state index is 0.0398. The fourth-order valence-corrected chi connectivity index (χ4v) is 2.46. The van der Waals surface area contributed by atoms with Crippen LogP contribution < -0.4 is 15.8 Å². The van der Waals surface area contributed by atoms with Crippen LogP contribution in [0.2, 0.25) is 0 Å². The number of nitrogens with one attached hydrogen (secondary N) is 2. The Morgan fingerprint density at radius 3 is 2.24 bits per heavy atom. The van der Waals surface area contributed by atoms with Crippen molar-refractivity contribution in [3.05, 3.63) is 48.0 Å². The molecule has 112 valence electrons. The minimum atomic E-state index is -3.63. The van der Waals surface area contributed by atoms with Crippen molar-refractivity contribution < 1.29 is 17.2 Å². The Bertz CT molecular complexity index is 759. The molecule has 0 aliphatic rings. The van der Waals surface area contributed by atoms with Gasteiger partial charge in [-0.15, -0.1) is 0 Å². The topological polar surface area (TPSA) is 84.2 Å². The summed E-state index contributed by atoms with van der Waals surface area (Å²) in [7, 11) is -2.36. The molecule has 2 aromatic carbocycles. The van der Waals surface area contributed by atoms with E-state index >= 15 is 0 Å². The van der Waals surface area contributed by atoms with E-state index in [4.69, 9.17) is 5.73 Å². The van der Waals surface area contributed by atoms with E-state index in [-0.39, 0.29) is 22.0 Å². The van der Waals surface area contributed by atoms with Crippen LogP contribution in [0.5, 0.6) is 0 Å². The first kappa shape index (κ1) is 15.2. The van der Waals surface area contributed by atoms with Crippen molar-refractivity contribution in [1.82, 2.24) is 4.72 Å². The molecule has 0 aliphatic heterocycles. The molecule has 2 rings (SSSR count). The van der Waals surface area contributed by atoms with E-state index in [1.54, 1.807) is 0 Å². The molecule has 8 heteroatoms. The molecule has 0 atom stereocenters. The van der Waals surface area contributed by atoms with Crippen molar-refractivity contribution in [2.45, 2.75) is 4.90 Å². The van der Waals surface area contributed by atoms with Gasteiger partial charge in [0.1, 0.15) is 17.3 Å². The average Bonchev–Trinajstić information content (AvgIpc) is 2.44. The molecule has 0 saturated heterocycles. The molecule has 0 aliphatic carbocycles. The van der Waals surface area contributed by atoms with Gasteiger partial charge in [0.2, 0.25) is 10.0 Å². The SMILES string of the molecule is CNS(=O)(=O)c1ccc(Nc2c(F)cccc2F)c(N)c1. The molecule has 2 aromatic rings. The van der Waals surface area contributed by atoms with Gasteiger partial charge in [-0.3, -0.25) is 0 Å². The Kier molecular flexibility index (Phi) is 4.10. The zero-order valence-corrected chi connectivity index (χ0v) is 11.8. The van der Waals surface area contributed by atoms with Gasteiger partial charge in [0.15, 0.2) is 0 Å². The van der Waals surface area contributed by atoms with Gasteiger partial charge in [0.05, 0.1) is 16.3 Å². The Labute approximate surface area is 120 Å². The molecule has 5 nitrogen and oxygen atoms in total. The van der Waals surface area contributed by atoms with Gasteiger partial charge in [-0.05, 0) is 37.4 Å². The molecule has 0 heterocycles. The maximum Gasteiger partial charge on any atom is 0.240 e. The molecule has 0 bridgehead atoms. The van der Waals surface area contributed by atoms with Crippen LogP contribution in [0, 0.1) is 11.6 Å². The van der Waals surface area contributed by atoms with Gasteiger partial charge in [0, 0.05) is 0 Å². The van der Waals surface area contributed by atoms with Crippen molar-refractivity contribution >= 4 is 27.1 Å². The number of anilines is 3. The number of benzene rings is 2. The summed E-state index contributed by atoms with van der Waals surface area (Å²) in [5.74, 6) is -1.55. The monoisotopic (exact) mass is 313 g/mol. The molecule has 0 amide bonds. The van der Waals surface area contributed by atoms with Crippen molar-refractivity contribution in [1.29, 1.82) is 0 Å². The summed E-state index contributed by atoms with van der Waals surface area (Å²) in [5, 5.41) is 2.52. The summed E-state index contributed by atoms with van der Waals surface area (Å²) in [4.78, 5) is -0.0398. The lowest BCUT2D eigenvalue weighted by Crippen LogP contribution is -2.18. The van der Waals surface area contributed by atoms with Crippen molar-refractivity contribution in [2.75, 3.05) is 18.1 Å². The van der Waals surface area contributed by atoms with Crippen LogP contribution in [0.4, 0.5) is 25.8 Å². The molecule has 0 unspecified atom stereocenters. The third-order valence-corrected chi connectivity index (χ3v) is 4.24. The van der Waals surface area contributed by atoms with E-state index in [1.807, 2.05) is 0 Å². The van der Waals surface area contributed by atoms with E-state index < -0.39 is 21.7 Å². The molecule has 4 N–H and O–H groups in total. The van der Waals surface area contributed by atoms with Gasteiger partial charge < -0.3 is 11.1 Å². The van der Waals surface area contributed by atoms with E-state index in [1.165, 1.54) is 31.3 Å². The second-order valence-electron chi connectivity index (χ2n) is 4.18. The lowest BCUT2D eigenvalue weighted by Gasteiger charge is -2.12. The lowest BCUT2D eigenvalue weighted by molar-refractivity contribution is 0.587. The van der Waals surface area contributed by atoms with Crippen LogP contribution in [0.1, 0.15) is 0 Å². The molecular formula is C13H13F2N3O2S. The normalized spacial score (nSPS) is 11.4. The first-order chi connectivity index (χ1) is 9.85. The number of hydrogen-bond acceptors (Lipinski definition) is 4. The molecule has 0 spiro atoms. The fraction of sp³-hybridized carbons (Fsp3) is 0.0769. The van der Waals surface area contributed by atoms with E-state index in [2.05, 4.69) is 10.0 Å². The summed E-state index contributed by atoms with van der Waals surface area (Å²) >= 11 is 0. The van der Waals surface area contributed by atoms with Crippen LogP contribution in [-0.4, -0.2) is 15.5 Å². The Morgan fingerprint density at radius 2 is 1.71 bits per heavy atom. The standard InChI is InChI=1S/C13H13F2N3O2S/c1-17-21(19,20)8-5-6-12(11(16)7-8)18-13-9(14)3-2-4-10(13)15/h2-7,17-18H,16H2,1H3. The van der Waals surface area contributed by atoms with Crippen LogP contribution in [-0.2, 0) is 10.0 Å². The highest BCUT2D eigenvalue weighted by Gasteiger charge is 2.14. The Morgan fingerprint density at radius 1 is 1.10 bits per heavy atom. The van der Waals surface area contributed by atoms with Gasteiger partial charge in [-0.1, -0.05) is 6.07 Å². The molecular weight excluding hydrogens is 300 g/mol. The summed E-state index contributed by atoms with van der Waals surface area (Å²) in [6.07, 6.45) is 0. The Hall–Kier alpha value is -2.19. The summed E-state index contributed by atoms with van der Waals surface area (Å²) in [6.45, 7) is 0. The highest BCUT2D eigenvalue weighted by atomic mass is 32.2. The third kappa shape index (κ3) is 3.11. The highest BCUT2D eigenvalue weighted by molar-refractivity contribution is 7.89. The molecule has 0 fully saturated rings. The molecule has 0 aromatic heterocycles. The first-order valence-corrected chi connectivity index (χ1v) is 7.37. The van der Waals surface area contributed by atoms with Gasteiger partial charge in [-0.25, -0.2) is 21.9 Å². The lowest BCUT2D eigenvalue weighted by atomic mass is 10.2. The summed E-state index contributed by atoms with van der Waals surface area (Å²) in [6, 6.07) is 7.26. The zero-order chi connectivity index (χ0) is 15.6. The fourth-order valence-electron chi connectivity index (χ4n) is 1.69. The van der Waals surface area contributed by atoms with Crippen molar-refractivity contribution in [3.8, 4) is 0 Å². The van der Waals surface area contributed by atoms with E-state index in [9.17, 15) is 17.2 Å². The van der Waals surface area contributed by atoms with Crippen LogP contribution in [0.3, 0.4) is 0 Å². The predicted octanol–water partition coefficient (Wildman–Crippen LogP) is 2.20. The minimum Gasteiger partial charge on any atom is -0.397 e. The van der Waals surface area contributed by atoms with Crippen LogP contribution in [0.25, 0.3) is 0 Å². The smallest absolute Gasteiger partial charge is 0.240 e. The van der Waals surface area contributed by atoms with Gasteiger partial charge >= 0.3 is 0 Å². The van der Waals surface area contributed by atoms with Crippen LogP contribution >= 0.6 is 0 Å². The molecule has 0 saturated carbocycles. The average molecular weight is 313 g/mol. The number of para-hydroxylation sites is 1. The van der Waals surface area contributed by atoms with E-state index in [0.717, 1.165) is 12.1 Å². The molecule has 0 radical (unpaired) electrons. The number of halogens is 2. The number of nitrogen functional groups attached to an aromatic ring is 1. The largest absolute Gasteiger partial charge is 0.397 e. The van der Waals surface area contributed by atoms with Crippen molar-refractivity contribution in [3.63, 3.8) is 0 Å². The van der Waals surface area contributed by atoms with Gasteiger partial charge in [-0.2, -0.15) is 0 Å². The zero-order valence-electron chi connectivity index (χ0n) is 11.0. The summed E-state index contributed by atoms with van der Waals surface area (Å²) in [5.41, 5.74) is 5.62. The Balaban J connectivity index is 2.39. The second kappa shape index (κ2) is 5.66. The van der Waals surface area contributed by atoms with Gasteiger partial charge in [0.25, 0.3) is 0 Å². The maximum atomic E-state index is 13.5. The number of rotatable bonds is 4. The maximum absolute atomic E-state index is 13.5. The highest BCUT2D eigenvalue weighted by Crippen LogP contribution is 2.28. The summed E-state index contributed by atoms with van der Waals surface area (Å²) < 4.78 is 52.5. The third-order valence-electron chi connectivity index (χ3n) is 2.82. The number of sulfonamides is 1. The van der Waals surface area contributed by atoms with E-state index in [0.29, 0.717) is 0 Å². The second-order valence-corrected chi connectivity index (χ2v) is 6.06. The van der Waals surface area contributed by atoms with Crippen molar-refractivity contribution in [2.24, 2.45) is 0 Å². The number of nitrogens with two attached hydrogens (primary N) is 1. The number of hydrogen-bond donors (Lipinski definition) is 3. The predicted molar refractivity (Wildman–Crippen MR) is 76.7 cm³/mol. The quantitative estimate of drug-likeness (QED) is 0.756. The van der Waals surface area contributed by atoms with Crippen LogP contribution in [0.15, 0.2) is 41.3 Å². The first-order valence-electron chi connectivity index (χ1n) is 5.89.